The van der Waals surface area contributed by atoms with Gasteiger partial charge in [0.25, 0.3) is 0 Å². The summed E-state index contributed by atoms with van der Waals surface area (Å²) in [6, 6.07) is 7.68. The van der Waals surface area contributed by atoms with Crippen molar-refractivity contribution in [3.05, 3.63) is 29.8 Å². The second-order valence-corrected chi connectivity index (χ2v) is 9.56. The maximum absolute atomic E-state index is 12.8. The summed E-state index contributed by atoms with van der Waals surface area (Å²) in [5.74, 6) is 0.154. The van der Waals surface area contributed by atoms with E-state index in [0.717, 1.165) is 44.6 Å². The van der Waals surface area contributed by atoms with Crippen LogP contribution in [0, 0.1) is 6.92 Å². The van der Waals surface area contributed by atoms with E-state index in [1.165, 1.54) is 0 Å². The molecule has 2 heterocycles. The van der Waals surface area contributed by atoms with E-state index in [9.17, 15) is 13.2 Å². The van der Waals surface area contributed by atoms with E-state index in [-0.39, 0.29) is 11.2 Å². The van der Waals surface area contributed by atoms with Gasteiger partial charge in [-0.3, -0.25) is 4.79 Å². The maximum atomic E-state index is 12.8. The molecule has 6 heteroatoms. The molecule has 2 saturated heterocycles. The molecule has 138 valence electrons. The largest absolute Gasteiger partial charge is 0.343 e. The predicted molar refractivity (Wildman–Crippen MR) is 98.2 cm³/mol. The average Bonchev–Trinajstić information content (AvgIpc) is 2.62. The second kappa shape index (κ2) is 7.46. The number of hydrogen-bond acceptors (Lipinski definition) is 4. The first-order valence-electron chi connectivity index (χ1n) is 9.18. The van der Waals surface area contributed by atoms with Crippen LogP contribution in [-0.2, 0) is 14.6 Å². The van der Waals surface area contributed by atoms with Gasteiger partial charge in [0.15, 0.2) is 9.84 Å². The van der Waals surface area contributed by atoms with Crippen LogP contribution >= 0.6 is 0 Å². The van der Waals surface area contributed by atoms with Crippen LogP contribution in [0.2, 0.25) is 0 Å². The van der Waals surface area contributed by atoms with Crippen LogP contribution in [0.5, 0.6) is 0 Å². The van der Waals surface area contributed by atoms with Crippen LogP contribution < -0.4 is 0 Å². The molecule has 0 spiro atoms. The lowest BCUT2D eigenvalue weighted by Gasteiger charge is -2.41. The molecule has 5 nitrogen and oxygen atoms in total. The van der Waals surface area contributed by atoms with Gasteiger partial charge in [-0.05, 0) is 57.8 Å². The number of likely N-dealkylation sites (tertiary alicyclic amines) is 2. The van der Waals surface area contributed by atoms with Crippen LogP contribution in [0.15, 0.2) is 29.2 Å². The first-order chi connectivity index (χ1) is 11.9. The molecule has 0 bridgehead atoms. The standard InChI is InChI=1S/C19H28N2O3S/c1-15-3-5-18(6-4-15)25(23,24)19-9-13-21(14-10-19)17-7-11-20(12-8-17)16(2)22/h3-6,17,19H,7-14H2,1-2H3. The van der Waals surface area contributed by atoms with Crippen molar-refractivity contribution >= 4 is 15.7 Å². The third-order valence-corrected chi connectivity index (χ3v) is 7.97. The first-order valence-corrected chi connectivity index (χ1v) is 10.7. The fraction of sp³-hybridized carbons (Fsp3) is 0.632. The molecular weight excluding hydrogens is 336 g/mol. The van der Waals surface area contributed by atoms with E-state index in [0.29, 0.717) is 23.8 Å². The Labute approximate surface area is 150 Å². The maximum Gasteiger partial charge on any atom is 0.219 e. The highest BCUT2D eigenvalue weighted by atomic mass is 32.2. The van der Waals surface area contributed by atoms with E-state index >= 15 is 0 Å². The average molecular weight is 365 g/mol. The van der Waals surface area contributed by atoms with Crippen LogP contribution in [-0.4, -0.2) is 61.6 Å². The lowest BCUT2D eigenvalue weighted by molar-refractivity contribution is -0.130. The smallest absolute Gasteiger partial charge is 0.219 e. The molecule has 25 heavy (non-hydrogen) atoms. The molecule has 1 aromatic rings. The van der Waals surface area contributed by atoms with Crippen molar-refractivity contribution in [3.63, 3.8) is 0 Å². The van der Waals surface area contributed by atoms with Gasteiger partial charge in [-0.1, -0.05) is 17.7 Å². The van der Waals surface area contributed by atoms with E-state index in [4.69, 9.17) is 0 Å². The van der Waals surface area contributed by atoms with Crippen LogP contribution in [0.4, 0.5) is 0 Å². The van der Waals surface area contributed by atoms with Gasteiger partial charge < -0.3 is 9.80 Å². The van der Waals surface area contributed by atoms with Crippen molar-refractivity contribution in [2.24, 2.45) is 0 Å². The number of carbonyl (C=O) groups excluding carboxylic acids is 1. The minimum Gasteiger partial charge on any atom is -0.343 e. The Morgan fingerprint density at radius 3 is 2.04 bits per heavy atom. The number of aryl methyl sites for hydroxylation is 1. The molecule has 0 radical (unpaired) electrons. The minimum atomic E-state index is -3.23. The highest BCUT2D eigenvalue weighted by Crippen LogP contribution is 2.27. The zero-order valence-corrected chi connectivity index (χ0v) is 16.0. The summed E-state index contributed by atoms with van der Waals surface area (Å²) >= 11 is 0. The Bertz CT molecular complexity index is 699. The third-order valence-electron chi connectivity index (χ3n) is 5.69. The number of nitrogens with zero attached hydrogens (tertiary/aromatic N) is 2. The summed E-state index contributed by atoms with van der Waals surface area (Å²) in [5.41, 5.74) is 1.07. The summed E-state index contributed by atoms with van der Waals surface area (Å²) in [5, 5.41) is -0.274. The zero-order chi connectivity index (χ0) is 18.0. The van der Waals surface area contributed by atoms with Crippen molar-refractivity contribution in [1.29, 1.82) is 0 Å². The lowest BCUT2D eigenvalue weighted by atomic mass is 10.00. The van der Waals surface area contributed by atoms with Gasteiger partial charge in [0.1, 0.15) is 0 Å². The molecule has 2 aliphatic heterocycles. The molecule has 0 N–H and O–H groups in total. The Morgan fingerprint density at radius 2 is 1.52 bits per heavy atom. The number of hydrogen-bond donors (Lipinski definition) is 0. The number of piperidine rings is 2. The Balaban J connectivity index is 1.57. The molecule has 1 aromatic carbocycles. The van der Waals surface area contributed by atoms with Gasteiger partial charge in [0.05, 0.1) is 10.1 Å². The quantitative estimate of drug-likeness (QED) is 0.825. The fourth-order valence-electron chi connectivity index (χ4n) is 4.02. The summed E-state index contributed by atoms with van der Waals surface area (Å²) in [6.45, 7) is 6.90. The molecule has 2 aliphatic rings. The van der Waals surface area contributed by atoms with Gasteiger partial charge in [-0.2, -0.15) is 0 Å². The molecule has 1 amide bonds. The third kappa shape index (κ3) is 4.06. The van der Waals surface area contributed by atoms with E-state index < -0.39 is 9.84 Å². The summed E-state index contributed by atoms with van der Waals surface area (Å²) in [6.07, 6.45) is 3.39. The first kappa shape index (κ1) is 18.4. The molecule has 0 saturated carbocycles. The topological polar surface area (TPSA) is 57.7 Å². The molecular formula is C19H28N2O3S. The number of carbonyl (C=O) groups is 1. The van der Waals surface area contributed by atoms with E-state index in [1.54, 1.807) is 19.1 Å². The highest BCUT2D eigenvalue weighted by molar-refractivity contribution is 7.92. The molecule has 3 rings (SSSR count). The van der Waals surface area contributed by atoms with Crippen molar-refractivity contribution in [2.75, 3.05) is 26.2 Å². The number of sulfone groups is 1. The van der Waals surface area contributed by atoms with Gasteiger partial charge in [0.2, 0.25) is 5.91 Å². The fourth-order valence-corrected chi connectivity index (χ4v) is 5.75. The normalized spacial score (nSPS) is 21.4. The number of benzene rings is 1. The number of rotatable bonds is 3. The lowest BCUT2D eigenvalue weighted by Crippen LogP contribution is -2.50. The van der Waals surface area contributed by atoms with Crippen LogP contribution in [0.25, 0.3) is 0 Å². The van der Waals surface area contributed by atoms with Gasteiger partial charge in [0, 0.05) is 26.1 Å². The Hall–Kier alpha value is -1.40. The SMILES string of the molecule is CC(=O)N1CCC(N2CCC(S(=O)(=O)c3ccc(C)cc3)CC2)CC1. The summed E-state index contributed by atoms with van der Waals surface area (Å²) < 4.78 is 25.7. The molecule has 0 atom stereocenters. The summed E-state index contributed by atoms with van der Waals surface area (Å²) in [7, 11) is -3.23. The van der Waals surface area contributed by atoms with Gasteiger partial charge in [-0.25, -0.2) is 8.42 Å². The second-order valence-electron chi connectivity index (χ2n) is 7.33. The van der Waals surface area contributed by atoms with Crippen molar-refractivity contribution in [2.45, 2.75) is 55.7 Å². The highest BCUT2D eigenvalue weighted by Gasteiger charge is 2.34. The van der Waals surface area contributed by atoms with Crippen molar-refractivity contribution < 1.29 is 13.2 Å². The Morgan fingerprint density at radius 1 is 0.960 bits per heavy atom. The van der Waals surface area contributed by atoms with Crippen LogP contribution in [0.3, 0.4) is 0 Å². The molecule has 2 fully saturated rings. The predicted octanol–water partition coefficient (Wildman–Crippen LogP) is 2.24. The van der Waals surface area contributed by atoms with Crippen LogP contribution in [0.1, 0.15) is 38.2 Å². The zero-order valence-electron chi connectivity index (χ0n) is 15.1. The minimum absolute atomic E-state index is 0.154. The molecule has 0 aromatic heterocycles. The summed E-state index contributed by atoms with van der Waals surface area (Å²) in [4.78, 5) is 16.2. The van der Waals surface area contributed by atoms with Gasteiger partial charge >= 0.3 is 0 Å². The van der Waals surface area contributed by atoms with Gasteiger partial charge in [-0.15, -0.1) is 0 Å². The monoisotopic (exact) mass is 364 g/mol. The van der Waals surface area contributed by atoms with E-state index in [2.05, 4.69) is 4.90 Å². The number of amides is 1. The van der Waals surface area contributed by atoms with E-state index in [1.807, 2.05) is 24.0 Å². The Kier molecular flexibility index (Phi) is 5.49. The molecule has 0 unspecified atom stereocenters. The van der Waals surface area contributed by atoms with Crippen molar-refractivity contribution in [1.82, 2.24) is 9.80 Å². The molecule has 0 aliphatic carbocycles. The van der Waals surface area contributed by atoms with Crippen molar-refractivity contribution in [3.8, 4) is 0 Å².